The zero-order valence-electron chi connectivity index (χ0n) is 31.8. The largest absolute Gasteiger partial charge is 0.481 e. The molecule has 0 bridgehead atoms. The molecule has 4 heteroatoms. The molecule has 0 aliphatic rings. The molecular formula is C44H78O4. The average Bonchev–Trinajstić information content (AvgIpc) is 3.07. The number of aliphatic carboxylic acids is 1. The Morgan fingerprint density at radius 2 is 0.833 bits per heavy atom. The van der Waals surface area contributed by atoms with Crippen LogP contribution in [-0.4, -0.2) is 23.1 Å². The van der Waals surface area contributed by atoms with Crippen LogP contribution in [0.3, 0.4) is 0 Å². The van der Waals surface area contributed by atoms with E-state index in [1.807, 2.05) is 0 Å². The molecule has 0 aliphatic carbocycles. The third-order valence-corrected chi connectivity index (χ3v) is 9.07. The summed E-state index contributed by atoms with van der Waals surface area (Å²) in [5.41, 5.74) is 0. The van der Waals surface area contributed by atoms with Crippen LogP contribution in [0.1, 0.15) is 213 Å². The topological polar surface area (TPSA) is 63.6 Å². The van der Waals surface area contributed by atoms with Crippen molar-refractivity contribution >= 4 is 11.9 Å². The monoisotopic (exact) mass is 671 g/mol. The van der Waals surface area contributed by atoms with Gasteiger partial charge in [-0.15, -0.1) is 0 Å². The number of allylic oxidation sites excluding steroid dienone is 8. The molecule has 0 radical (unpaired) electrons. The van der Waals surface area contributed by atoms with E-state index in [-0.39, 0.29) is 18.5 Å². The van der Waals surface area contributed by atoms with Gasteiger partial charge in [0.1, 0.15) is 6.10 Å². The summed E-state index contributed by atoms with van der Waals surface area (Å²) in [6.07, 6.45) is 52.7. The first-order valence-electron chi connectivity index (χ1n) is 20.6. The Morgan fingerprint density at radius 3 is 1.31 bits per heavy atom. The molecule has 0 aromatic rings. The molecule has 1 atom stereocenters. The number of esters is 1. The lowest BCUT2D eigenvalue weighted by Crippen LogP contribution is -2.19. The third kappa shape index (κ3) is 38.3. The second-order valence-electron chi connectivity index (χ2n) is 13.8. The molecule has 0 saturated heterocycles. The highest BCUT2D eigenvalue weighted by Gasteiger charge is 2.16. The van der Waals surface area contributed by atoms with E-state index >= 15 is 0 Å². The van der Waals surface area contributed by atoms with Gasteiger partial charge in [0.25, 0.3) is 0 Å². The van der Waals surface area contributed by atoms with Crippen molar-refractivity contribution in [3.63, 3.8) is 0 Å². The number of rotatable bonds is 37. The highest BCUT2D eigenvalue weighted by Crippen LogP contribution is 2.17. The van der Waals surface area contributed by atoms with E-state index in [1.165, 1.54) is 116 Å². The summed E-state index contributed by atoms with van der Waals surface area (Å²) in [5, 5.41) is 9.13. The normalized spacial score (nSPS) is 12.7. The second kappa shape index (κ2) is 39.3. The van der Waals surface area contributed by atoms with Gasteiger partial charge in [-0.2, -0.15) is 0 Å². The van der Waals surface area contributed by atoms with Crippen LogP contribution in [0.15, 0.2) is 48.6 Å². The van der Waals surface area contributed by atoms with Crippen molar-refractivity contribution < 1.29 is 19.4 Å². The Balaban J connectivity index is 3.78. The minimum absolute atomic E-state index is 0.0655. The van der Waals surface area contributed by atoms with E-state index in [1.54, 1.807) is 0 Å². The number of unbranched alkanes of at least 4 members (excludes halogenated alkanes) is 21. The summed E-state index contributed by atoms with van der Waals surface area (Å²) in [6.45, 7) is 4.52. The summed E-state index contributed by atoms with van der Waals surface area (Å²) < 4.78 is 5.73. The molecule has 278 valence electrons. The van der Waals surface area contributed by atoms with Crippen LogP contribution in [0.25, 0.3) is 0 Å². The van der Waals surface area contributed by atoms with Crippen molar-refractivity contribution in [3.8, 4) is 0 Å². The van der Waals surface area contributed by atoms with Gasteiger partial charge in [0.15, 0.2) is 0 Å². The minimum Gasteiger partial charge on any atom is -0.481 e. The van der Waals surface area contributed by atoms with Crippen molar-refractivity contribution in [1.82, 2.24) is 0 Å². The van der Waals surface area contributed by atoms with Crippen molar-refractivity contribution in [1.29, 1.82) is 0 Å². The maximum Gasteiger partial charge on any atom is 0.306 e. The van der Waals surface area contributed by atoms with E-state index in [0.717, 1.165) is 64.2 Å². The lowest BCUT2D eigenvalue weighted by molar-refractivity contribution is -0.151. The fourth-order valence-electron chi connectivity index (χ4n) is 5.98. The van der Waals surface area contributed by atoms with E-state index in [2.05, 4.69) is 62.5 Å². The van der Waals surface area contributed by atoms with Gasteiger partial charge in [-0.05, 0) is 70.6 Å². The number of hydrogen-bond acceptors (Lipinski definition) is 3. The first-order valence-corrected chi connectivity index (χ1v) is 20.6. The van der Waals surface area contributed by atoms with E-state index in [4.69, 9.17) is 9.84 Å². The number of carbonyl (C=O) groups excluding carboxylic acids is 1. The van der Waals surface area contributed by atoms with Gasteiger partial charge in [-0.25, -0.2) is 0 Å². The average molecular weight is 671 g/mol. The van der Waals surface area contributed by atoms with Gasteiger partial charge in [-0.1, -0.05) is 178 Å². The zero-order valence-corrected chi connectivity index (χ0v) is 31.8. The van der Waals surface area contributed by atoms with Crippen LogP contribution in [0.4, 0.5) is 0 Å². The van der Waals surface area contributed by atoms with Crippen molar-refractivity contribution in [3.05, 3.63) is 48.6 Å². The quantitative estimate of drug-likeness (QED) is 0.0406. The molecule has 4 nitrogen and oxygen atoms in total. The number of carbonyl (C=O) groups is 2. The molecule has 0 spiro atoms. The number of hydrogen-bond donors (Lipinski definition) is 1. The summed E-state index contributed by atoms with van der Waals surface area (Å²) in [6, 6.07) is 0. The van der Waals surface area contributed by atoms with Crippen LogP contribution >= 0.6 is 0 Å². The summed E-state index contributed by atoms with van der Waals surface area (Å²) >= 11 is 0. The van der Waals surface area contributed by atoms with Crippen LogP contribution in [0, 0.1) is 0 Å². The molecule has 1 N–H and O–H groups in total. The molecule has 0 amide bonds. The van der Waals surface area contributed by atoms with Crippen molar-refractivity contribution in [2.45, 2.75) is 219 Å². The Hall–Kier alpha value is -2.10. The standard InChI is InChI=1S/C44H78O4/c1-3-5-7-9-11-13-15-17-19-20-21-22-23-24-25-27-29-31-33-35-37-39-44(47)48-42(40-41-43(45)46)38-36-34-32-30-28-26-18-16-14-12-10-8-6-4-2/h11,13,17,19,21-22,24-25,42H,3-10,12,14-16,18,20,23,26-41H2,1-2H3,(H,45,46)/b13-11-,19-17-,22-21-,25-24-. The fourth-order valence-corrected chi connectivity index (χ4v) is 5.98. The molecule has 0 aliphatic heterocycles. The SMILES string of the molecule is CCCCC/C=C\C/C=C\C/C=C\C/C=C\CCCCCCCC(=O)OC(CCCCCCCCCCCCCCCC)CCC(=O)O. The minimum atomic E-state index is -0.817. The third-order valence-electron chi connectivity index (χ3n) is 9.07. The molecule has 0 saturated carbocycles. The summed E-state index contributed by atoms with van der Waals surface area (Å²) in [7, 11) is 0. The van der Waals surface area contributed by atoms with E-state index in [9.17, 15) is 9.59 Å². The van der Waals surface area contributed by atoms with Crippen molar-refractivity contribution in [2.24, 2.45) is 0 Å². The second-order valence-corrected chi connectivity index (χ2v) is 13.8. The first kappa shape index (κ1) is 45.9. The first-order chi connectivity index (χ1) is 23.6. The zero-order chi connectivity index (χ0) is 35.0. The number of carboxylic acids is 1. The van der Waals surface area contributed by atoms with Gasteiger partial charge >= 0.3 is 11.9 Å². The molecule has 0 aromatic carbocycles. The summed E-state index contributed by atoms with van der Waals surface area (Å²) in [4.78, 5) is 23.6. The Morgan fingerprint density at radius 1 is 0.458 bits per heavy atom. The number of ether oxygens (including phenoxy) is 1. The van der Waals surface area contributed by atoms with Crippen molar-refractivity contribution in [2.75, 3.05) is 0 Å². The molecule has 0 heterocycles. The summed E-state index contributed by atoms with van der Waals surface area (Å²) in [5.74, 6) is -0.972. The van der Waals surface area contributed by atoms with E-state index < -0.39 is 5.97 Å². The van der Waals surface area contributed by atoms with Crippen LogP contribution in [0.5, 0.6) is 0 Å². The van der Waals surface area contributed by atoms with Gasteiger partial charge in [0.05, 0.1) is 0 Å². The van der Waals surface area contributed by atoms with Gasteiger partial charge in [-0.3, -0.25) is 9.59 Å². The smallest absolute Gasteiger partial charge is 0.306 e. The van der Waals surface area contributed by atoms with Crippen LogP contribution in [-0.2, 0) is 14.3 Å². The van der Waals surface area contributed by atoms with E-state index in [0.29, 0.717) is 12.8 Å². The predicted molar refractivity (Wildman–Crippen MR) is 209 cm³/mol. The van der Waals surface area contributed by atoms with Gasteiger partial charge < -0.3 is 9.84 Å². The van der Waals surface area contributed by atoms with Gasteiger partial charge in [0, 0.05) is 12.8 Å². The maximum absolute atomic E-state index is 12.5. The lowest BCUT2D eigenvalue weighted by atomic mass is 10.0. The molecule has 0 rings (SSSR count). The Kier molecular flexibility index (Phi) is 37.6. The lowest BCUT2D eigenvalue weighted by Gasteiger charge is -2.17. The Labute approximate surface area is 298 Å². The molecule has 0 aromatic heterocycles. The van der Waals surface area contributed by atoms with Gasteiger partial charge in [0.2, 0.25) is 0 Å². The van der Waals surface area contributed by atoms with Crippen LogP contribution in [0.2, 0.25) is 0 Å². The predicted octanol–water partition coefficient (Wildman–Crippen LogP) is 14.3. The van der Waals surface area contributed by atoms with Crippen LogP contribution < -0.4 is 0 Å². The molecule has 0 fully saturated rings. The fraction of sp³-hybridized carbons (Fsp3) is 0.773. The highest BCUT2D eigenvalue weighted by molar-refractivity contribution is 5.69. The highest BCUT2D eigenvalue weighted by atomic mass is 16.5. The molecular weight excluding hydrogens is 592 g/mol. The molecule has 48 heavy (non-hydrogen) atoms. The maximum atomic E-state index is 12.5. The number of carboxylic acid groups (broad SMARTS) is 1. The Bertz CT molecular complexity index is 809. The molecule has 1 unspecified atom stereocenters.